The lowest BCUT2D eigenvalue weighted by Crippen LogP contribution is -2.48. The van der Waals surface area contributed by atoms with E-state index in [0.29, 0.717) is 16.5 Å². The average molecular weight is 377 g/mol. The number of carbonyl (C=O) groups is 2. The third-order valence-electron chi connectivity index (χ3n) is 3.53. The lowest BCUT2D eigenvalue weighted by Gasteiger charge is -2.15. The van der Waals surface area contributed by atoms with Crippen LogP contribution >= 0.6 is 11.6 Å². The standard InChI is InChI=1S/C19H21ClN2O4/c1-3-14-6-4-5-7-17(14)25-12-18(23)21-22-19(24)13(2)26-16-10-8-15(20)9-11-16/h4-11,13H,3,12H2,1-2H3,(H,21,23)(H,22,24). The van der Waals surface area contributed by atoms with Crippen LogP contribution in [0.3, 0.4) is 0 Å². The smallest absolute Gasteiger partial charge is 0.279 e. The van der Waals surface area contributed by atoms with Crippen LogP contribution in [0.1, 0.15) is 19.4 Å². The van der Waals surface area contributed by atoms with Crippen molar-refractivity contribution in [1.82, 2.24) is 10.9 Å². The molecular formula is C19H21ClN2O4. The fourth-order valence-electron chi connectivity index (χ4n) is 2.12. The summed E-state index contributed by atoms with van der Waals surface area (Å²) in [6.07, 6.45) is 0.00636. The molecule has 1 atom stereocenters. The zero-order valence-corrected chi connectivity index (χ0v) is 15.4. The van der Waals surface area contributed by atoms with Crippen LogP contribution in [-0.2, 0) is 16.0 Å². The molecule has 1 unspecified atom stereocenters. The molecule has 2 N–H and O–H groups in total. The molecule has 26 heavy (non-hydrogen) atoms. The van der Waals surface area contributed by atoms with Crippen molar-refractivity contribution in [3.8, 4) is 11.5 Å². The first kappa shape index (κ1) is 19.6. The van der Waals surface area contributed by atoms with Gasteiger partial charge in [0.1, 0.15) is 11.5 Å². The fourth-order valence-corrected chi connectivity index (χ4v) is 2.25. The van der Waals surface area contributed by atoms with Gasteiger partial charge in [0.05, 0.1) is 0 Å². The van der Waals surface area contributed by atoms with E-state index in [9.17, 15) is 9.59 Å². The summed E-state index contributed by atoms with van der Waals surface area (Å²) >= 11 is 5.79. The molecule has 0 aliphatic carbocycles. The number of rotatable bonds is 7. The molecule has 0 radical (unpaired) electrons. The van der Waals surface area contributed by atoms with E-state index in [0.717, 1.165) is 12.0 Å². The summed E-state index contributed by atoms with van der Waals surface area (Å²) in [5, 5.41) is 0.575. The first-order chi connectivity index (χ1) is 12.5. The second kappa shape index (κ2) is 9.68. The maximum Gasteiger partial charge on any atom is 0.279 e. The number of amides is 2. The Morgan fingerprint density at radius 2 is 1.77 bits per heavy atom. The van der Waals surface area contributed by atoms with Gasteiger partial charge in [-0.2, -0.15) is 0 Å². The highest BCUT2D eigenvalue weighted by atomic mass is 35.5. The van der Waals surface area contributed by atoms with Gasteiger partial charge in [-0.25, -0.2) is 0 Å². The Balaban J connectivity index is 1.75. The second-order valence-electron chi connectivity index (χ2n) is 5.50. The predicted octanol–water partition coefficient (Wildman–Crippen LogP) is 2.90. The molecule has 0 saturated heterocycles. The van der Waals surface area contributed by atoms with E-state index in [4.69, 9.17) is 21.1 Å². The van der Waals surface area contributed by atoms with Crippen molar-refractivity contribution < 1.29 is 19.1 Å². The molecule has 2 aromatic carbocycles. The first-order valence-electron chi connectivity index (χ1n) is 8.21. The molecule has 0 spiro atoms. The van der Waals surface area contributed by atoms with E-state index >= 15 is 0 Å². The summed E-state index contributed by atoms with van der Waals surface area (Å²) in [5.41, 5.74) is 5.62. The summed E-state index contributed by atoms with van der Waals surface area (Å²) in [4.78, 5) is 23.8. The van der Waals surface area contributed by atoms with Crippen LogP contribution in [0.2, 0.25) is 5.02 Å². The highest BCUT2D eigenvalue weighted by Gasteiger charge is 2.15. The molecule has 0 aliphatic heterocycles. The molecule has 2 aromatic rings. The molecule has 0 aliphatic rings. The van der Waals surface area contributed by atoms with E-state index < -0.39 is 17.9 Å². The largest absolute Gasteiger partial charge is 0.483 e. The molecule has 2 amide bonds. The van der Waals surface area contributed by atoms with Crippen LogP contribution in [0.25, 0.3) is 0 Å². The quantitative estimate of drug-likeness (QED) is 0.728. The van der Waals surface area contributed by atoms with Crippen LogP contribution in [0, 0.1) is 0 Å². The lowest BCUT2D eigenvalue weighted by atomic mass is 10.1. The van der Waals surface area contributed by atoms with Crippen LogP contribution in [0.15, 0.2) is 48.5 Å². The number of ether oxygens (including phenoxy) is 2. The summed E-state index contributed by atoms with van der Waals surface area (Å²) in [5.74, 6) is 0.198. The monoisotopic (exact) mass is 376 g/mol. The van der Waals surface area contributed by atoms with Crippen LogP contribution in [-0.4, -0.2) is 24.5 Å². The number of aryl methyl sites for hydroxylation is 1. The van der Waals surface area contributed by atoms with E-state index in [-0.39, 0.29) is 6.61 Å². The normalized spacial score (nSPS) is 11.3. The number of para-hydroxylation sites is 1. The third-order valence-corrected chi connectivity index (χ3v) is 3.79. The van der Waals surface area contributed by atoms with Gasteiger partial charge in [-0.1, -0.05) is 36.7 Å². The van der Waals surface area contributed by atoms with Gasteiger partial charge >= 0.3 is 0 Å². The van der Waals surface area contributed by atoms with Gasteiger partial charge in [0.25, 0.3) is 11.8 Å². The fraction of sp³-hybridized carbons (Fsp3) is 0.263. The zero-order chi connectivity index (χ0) is 18.9. The number of carbonyl (C=O) groups excluding carboxylic acids is 2. The predicted molar refractivity (Wildman–Crippen MR) is 99.1 cm³/mol. The van der Waals surface area contributed by atoms with Gasteiger partial charge < -0.3 is 9.47 Å². The van der Waals surface area contributed by atoms with Gasteiger partial charge in [0, 0.05) is 5.02 Å². The number of hydrazine groups is 1. The summed E-state index contributed by atoms with van der Waals surface area (Å²) < 4.78 is 11.0. The Morgan fingerprint density at radius 3 is 2.46 bits per heavy atom. The molecule has 0 aromatic heterocycles. The van der Waals surface area contributed by atoms with Crippen molar-refractivity contribution in [1.29, 1.82) is 0 Å². The molecule has 0 saturated carbocycles. The first-order valence-corrected chi connectivity index (χ1v) is 8.59. The Labute approximate surface area is 157 Å². The molecular weight excluding hydrogens is 356 g/mol. The molecule has 0 bridgehead atoms. The Bertz CT molecular complexity index is 749. The molecule has 0 heterocycles. The minimum atomic E-state index is -0.793. The topological polar surface area (TPSA) is 76.7 Å². The zero-order valence-electron chi connectivity index (χ0n) is 14.6. The van der Waals surface area contributed by atoms with Gasteiger partial charge in [0.15, 0.2) is 12.7 Å². The minimum absolute atomic E-state index is 0.205. The van der Waals surface area contributed by atoms with Gasteiger partial charge in [0.2, 0.25) is 0 Å². The van der Waals surface area contributed by atoms with Crippen LogP contribution < -0.4 is 20.3 Å². The van der Waals surface area contributed by atoms with Crippen molar-refractivity contribution in [3.63, 3.8) is 0 Å². The lowest BCUT2D eigenvalue weighted by molar-refractivity contribution is -0.133. The third kappa shape index (κ3) is 5.97. The minimum Gasteiger partial charge on any atom is -0.483 e. The highest BCUT2D eigenvalue weighted by molar-refractivity contribution is 6.30. The van der Waals surface area contributed by atoms with Gasteiger partial charge in [-0.15, -0.1) is 0 Å². The van der Waals surface area contributed by atoms with Crippen molar-refractivity contribution >= 4 is 23.4 Å². The van der Waals surface area contributed by atoms with Gasteiger partial charge in [-0.3, -0.25) is 20.4 Å². The molecule has 2 rings (SSSR count). The number of hydrogen-bond donors (Lipinski definition) is 2. The number of halogens is 1. The van der Waals surface area contributed by atoms with Crippen LogP contribution in [0.5, 0.6) is 11.5 Å². The maximum atomic E-state index is 12.0. The van der Waals surface area contributed by atoms with Gasteiger partial charge in [-0.05, 0) is 49.2 Å². The SMILES string of the molecule is CCc1ccccc1OCC(=O)NNC(=O)C(C)Oc1ccc(Cl)cc1. The summed E-state index contributed by atoms with van der Waals surface area (Å²) in [6, 6.07) is 14.1. The molecule has 138 valence electrons. The Kier molecular flexibility index (Phi) is 7.29. The highest BCUT2D eigenvalue weighted by Crippen LogP contribution is 2.18. The van der Waals surface area contributed by atoms with Crippen molar-refractivity contribution in [2.45, 2.75) is 26.4 Å². The van der Waals surface area contributed by atoms with E-state index in [2.05, 4.69) is 10.9 Å². The number of benzene rings is 2. The van der Waals surface area contributed by atoms with Crippen molar-refractivity contribution in [3.05, 3.63) is 59.1 Å². The molecule has 6 nitrogen and oxygen atoms in total. The Morgan fingerprint density at radius 1 is 1.08 bits per heavy atom. The van der Waals surface area contributed by atoms with Crippen molar-refractivity contribution in [2.75, 3.05) is 6.61 Å². The Hall–Kier alpha value is -2.73. The van der Waals surface area contributed by atoms with E-state index in [1.807, 2.05) is 25.1 Å². The van der Waals surface area contributed by atoms with E-state index in [1.54, 1.807) is 37.3 Å². The van der Waals surface area contributed by atoms with Crippen LogP contribution in [0.4, 0.5) is 0 Å². The van der Waals surface area contributed by atoms with E-state index in [1.165, 1.54) is 0 Å². The average Bonchev–Trinajstić information content (AvgIpc) is 2.66. The number of nitrogens with one attached hydrogen (secondary N) is 2. The van der Waals surface area contributed by atoms with Crippen molar-refractivity contribution in [2.24, 2.45) is 0 Å². The summed E-state index contributed by atoms with van der Waals surface area (Å²) in [7, 11) is 0. The number of hydrogen-bond acceptors (Lipinski definition) is 4. The molecule has 0 fully saturated rings. The summed E-state index contributed by atoms with van der Waals surface area (Å²) in [6.45, 7) is 3.37. The maximum absolute atomic E-state index is 12.0. The molecule has 7 heteroatoms. The second-order valence-corrected chi connectivity index (χ2v) is 5.94.